The number of nitrogens with zero attached hydrogens (tertiary/aromatic N) is 1. The van der Waals surface area contributed by atoms with Gasteiger partial charge in [0.1, 0.15) is 5.75 Å². The topological polar surface area (TPSA) is 57.1 Å². The van der Waals surface area contributed by atoms with Gasteiger partial charge in [0, 0.05) is 11.0 Å². The van der Waals surface area contributed by atoms with Crippen molar-refractivity contribution < 1.29 is 19.1 Å². The molecule has 0 radical (unpaired) electrons. The lowest BCUT2D eigenvalue weighted by molar-refractivity contribution is -0.145. The molecule has 0 atom stereocenters. The molecule has 0 aromatic heterocycles. The van der Waals surface area contributed by atoms with Gasteiger partial charge in [-0.15, -0.1) is 0 Å². The van der Waals surface area contributed by atoms with Crippen LogP contribution in [0.5, 0.6) is 5.75 Å². The summed E-state index contributed by atoms with van der Waals surface area (Å²) in [6, 6.07) is 7.67. The van der Waals surface area contributed by atoms with E-state index in [2.05, 4.69) is 30.7 Å². The zero-order chi connectivity index (χ0) is 18.6. The molecular weight excluding hydrogens is 306 g/mol. The average Bonchev–Trinajstić information content (AvgIpc) is 2.66. The molecule has 0 heterocycles. The maximum atomic E-state index is 11.2. The van der Waals surface area contributed by atoms with Gasteiger partial charge in [0.15, 0.2) is 0 Å². The second-order valence-corrected chi connectivity index (χ2v) is 5.29. The molecule has 136 valence electrons. The minimum absolute atomic E-state index is 0.134. The molecule has 0 unspecified atom stereocenters. The lowest BCUT2D eigenvalue weighted by Gasteiger charge is -2.28. The summed E-state index contributed by atoms with van der Waals surface area (Å²) in [4.78, 5) is 16.4. The Morgan fingerprint density at radius 1 is 1.08 bits per heavy atom. The Bertz CT molecular complexity index is 505. The molecular formula is C19H31NO4. The van der Waals surface area contributed by atoms with E-state index >= 15 is 0 Å². The van der Waals surface area contributed by atoms with E-state index in [0.29, 0.717) is 0 Å². The highest BCUT2D eigenvalue weighted by molar-refractivity contribution is 6.04. The number of carbonyl (C=O) groups excluding carboxylic acids is 1. The summed E-state index contributed by atoms with van der Waals surface area (Å²) in [5, 5.41) is 4.23. The van der Waals surface area contributed by atoms with Crippen LogP contribution < -0.4 is 4.74 Å². The van der Waals surface area contributed by atoms with Crippen molar-refractivity contribution in [2.45, 2.75) is 47.5 Å². The highest BCUT2D eigenvalue weighted by atomic mass is 16.6. The highest BCUT2D eigenvalue weighted by Crippen LogP contribution is 2.31. The van der Waals surface area contributed by atoms with Crippen molar-refractivity contribution in [1.29, 1.82) is 0 Å². The number of carbonyl (C=O) groups is 1. The lowest BCUT2D eigenvalue weighted by Crippen LogP contribution is -2.28. The van der Waals surface area contributed by atoms with E-state index in [1.807, 2.05) is 38.1 Å². The minimum atomic E-state index is -0.451. The zero-order valence-electron chi connectivity index (χ0n) is 16.0. The van der Waals surface area contributed by atoms with Crippen LogP contribution in [0.3, 0.4) is 0 Å². The standard InChI is InChI=1S/C17H25NO4.C2H6/c1-6-17(3,7-2)16(18-22-12-15(19)21-5)13-8-10-14(20-4)11-9-13;1-2/h8-11H,6-7,12H2,1-5H3;1-2H3/b18-16+;. The van der Waals surface area contributed by atoms with Crippen LogP contribution in [0.1, 0.15) is 53.0 Å². The lowest BCUT2D eigenvalue weighted by atomic mass is 9.77. The van der Waals surface area contributed by atoms with Crippen molar-refractivity contribution in [3.05, 3.63) is 29.8 Å². The number of hydrogen-bond acceptors (Lipinski definition) is 5. The fraction of sp³-hybridized carbons (Fsp3) is 0.579. The molecule has 0 aliphatic carbocycles. The molecule has 1 aromatic rings. The van der Waals surface area contributed by atoms with E-state index in [-0.39, 0.29) is 12.0 Å². The highest BCUT2D eigenvalue weighted by Gasteiger charge is 2.29. The molecule has 0 saturated heterocycles. The van der Waals surface area contributed by atoms with Crippen LogP contribution in [0.15, 0.2) is 29.4 Å². The molecule has 1 aromatic carbocycles. The van der Waals surface area contributed by atoms with Crippen molar-refractivity contribution in [3.8, 4) is 5.75 Å². The minimum Gasteiger partial charge on any atom is -0.497 e. The summed E-state index contributed by atoms with van der Waals surface area (Å²) >= 11 is 0. The molecule has 0 N–H and O–H groups in total. The second-order valence-electron chi connectivity index (χ2n) is 5.29. The van der Waals surface area contributed by atoms with Crippen LogP contribution in [-0.2, 0) is 14.4 Å². The van der Waals surface area contributed by atoms with Gasteiger partial charge in [-0.05, 0) is 37.1 Å². The van der Waals surface area contributed by atoms with Gasteiger partial charge in [0.05, 0.1) is 19.9 Å². The molecule has 0 aliphatic rings. The molecule has 1 rings (SSSR count). The third-order valence-electron chi connectivity index (χ3n) is 4.06. The Morgan fingerprint density at radius 3 is 2.04 bits per heavy atom. The zero-order valence-corrected chi connectivity index (χ0v) is 16.0. The van der Waals surface area contributed by atoms with Gasteiger partial charge in [-0.25, -0.2) is 4.79 Å². The van der Waals surface area contributed by atoms with E-state index in [1.54, 1.807) is 7.11 Å². The molecule has 0 bridgehead atoms. The summed E-state index contributed by atoms with van der Waals surface area (Å²) in [5.41, 5.74) is 1.64. The first-order valence-corrected chi connectivity index (χ1v) is 8.42. The first-order chi connectivity index (χ1) is 11.5. The van der Waals surface area contributed by atoms with Crippen LogP contribution in [0.25, 0.3) is 0 Å². The Balaban J connectivity index is 0.00000254. The predicted octanol–water partition coefficient (Wildman–Crippen LogP) is 4.44. The van der Waals surface area contributed by atoms with E-state index < -0.39 is 5.97 Å². The van der Waals surface area contributed by atoms with Gasteiger partial charge in [0.2, 0.25) is 6.61 Å². The molecule has 24 heavy (non-hydrogen) atoms. The largest absolute Gasteiger partial charge is 0.497 e. The van der Waals surface area contributed by atoms with Crippen molar-refractivity contribution in [2.24, 2.45) is 10.6 Å². The number of methoxy groups -OCH3 is 2. The quantitative estimate of drug-likeness (QED) is 0.400. The third kappa shape index (κ3) is 6.22. The Labute approximate surface area is 146 Å². The summed E-state index contributed by atoms with van der Waals surface area (Å²) < 4.78 is 9.74. The van der Waals surface area contributed by atoms with Gasteiger partial charge < -0.3 is 14.3 Å². The summed E-state index contributed by atoms with van der Waals surface area (Å²) in [5.74, 6) is 0.334. The molecule has 0 fully saturated rings. The number of benzene rings is 1. The first-order valence-electron chi connectivity index (χ1n) is 8.42. The van der Waals surface area contributed by atoms with Gasteiger partial charge in [-0.1, -0.05) is 39.8 Å². The van der Waals surface area contributed by atoms with E-state index in [9.17, 15) is 4.79 Å². The average molecular weight is 337 g/mol. The third-order valence-corrected chi connectivity index (χ3v) is 4.06. The molecule has 0 amide bonds. The molecule has 5 heteroatoms. The van der Waals surface area contributed by atoms with Crippen molar-refractivity contribution in [3.63, 3.8) is 0 Å². The van der Waals surface area contributed by atoms with E-state index in [4.69, 9.17) is 9.57 Å². The summed E-state index contributed by atoms with van der Waals surface area (Å²) in [6.07, 6.45) is 1.83. The first kappa shape index (κ1) is 22.0. The number of esters is 1. The molecule has 0 saturated carbocycles. The number of oxime groups is 1. The van der Waals surface area contributed by atoms with Crippen molar-refractivity contribution >= 4 is 11.7 Å². The fourth-order valence-electron chi connectivity index (χ4n) is 2.05. The van der Waals surface area contributed by atoms with Crippen molar-refractivity contribution in [1.82, 2.24) is 0 Å². The summed E-state index contributed by atoms with van der Waals surface area (Å²) in [7, 11) is 2.95. The van der Waals surface area contributed by atoms with Gasteiger partial charge in [0.25, 0.3) is 0 Å². The SMILES string of the molecule is CC.CCC(C)(CC)/C(=N/OCC(=O)OC)c1ccc(OC)cc1. The number of hydrogen-bond donors (Lipinski definition) is 0. The van der Waals surface area contributed by atoms with Crippen LogP contribution in [0.4, 0.5) is 0 Å². The monoisotopic (exact) mass is 337 g/mol. The van der Waals surface area contributed by atoms with E-state index in [1.165, 1.54) is 7.11 Å². The smallest absolute Gasteiger partial charge is 0.346 e. The Hall–Kier alpha value is -2.04. The van der Waals surface area contributed by atoms with Gasteiger partial charge in [-0.3, -0.25) is 0 Å². The second kappa shape index (κ2) is 11.5. The predicted molar refractivity (Wildman–Crippen MR) is 97.5 cm³/mol. The normalized spacial score (nSPS) is 11.2. The van der Waals surface area contributed by atoms with Crippen LogP contribution in [0, 0.1) is 5.41 Å². The molecule has 5 nitrogen and oxygen atoms in total. The summed E-state index contributed by atoms with van der Waals surface area (Å²) in [6.45, 7) is 10.2. The number of rotatable bonds is 8. The molecule has 0 aliphatic heterocycles. The Kier molecular flexibility index (Phi) is 10.5. The van der Waals surface area contributed by atoms with Crippen molar-refractivity contribution in [2.75, 3.05) is 20.8 Å². The Morgan fingerprint density at radius 2 is 1.62 bits per heavy atom. The van der Waals surface area contributed by atoms with Gasteiger partial charge in [-0.2, -0.15) is 0 Å². The maximum absolute atomic E-state index is 11.2. The van der Waals surface area contributed by atoms with Crippen LogP contribution in [-0.4, -0.2) is 32.5 Å². The number of ether oxygens (including phenoxy) is 2. The molecule has 0 spiro atoms. The maximum Gasteiger partial charge on any atom is 0.346 e. The van der Waals surface area contributed by atoms with Crippen LogP contribution in [0.2, 0.25) is 0 Å². The van der Waals surface area contributed by atoms with Crippen LogP contribution >= 0.6 is 0 Å². The fourth-order valence-corrected chi connectivity index (χ4v) is 2.05. The van der Waals surface area contributed by atoms with E-state index in [0.717, 1.165) is 29.9 Å². The van der Waals surface area contributed by atoms with Gasteiger partial charge >= 0.3 is 5.97 Å².